The molecular weight excluding hydrogens is 256 g/mol. The van der Waals surface area contributed by atoms with E-state index in [4.69, 9.17) is 5.84 Å². The van der Waals surface area contributed by atoms with Crippen LogP contribution in [0.3, 0.4) is 0 Å². The van der Waals surface area contributed by atoms with Crippen molar-refractivity contribution in [1.82, 2.24) is 5.43 Å². The van der Waals surface area contributed by atoms with Crippen molar-refractivity contribution >= 4 is 0 Å². The third-order valence-corrected chi connectivity index (χ3v) is 4.74. The van der Waals surface area contributed by atoms with Crippen LogP contribution >= 0.6 is 0 Å². The molecule has 2 rings (SSSR count). The molecule has 3 N–H and O–H groups in total. The summed E-state index contributed by atoms with van der Waals surface area (Å²) in [5, 5.41) is 0. The summed E-state index contributed by atoms with van der Waals surface area (Å²) in [6.07, 6.45) is 2.08. The van der Waals surface area contributed by atoms with Gasteiger partial charge in [-0.2, -0.15) is 0 Å². The first-order valence-electron chi connectivity index (χ1n) is 7.76. The maximum Gasteiger partial charge on any atom is 0.0556 e. The van der Waals surface area contributed by atoms with Gasteiger partial charge in [-0.15, -0.1) is 0 Å². The SMILES string of the molecule is CCC(CC)(c1ccccc1)C(NN)c1ccc(C)cc1. The Morgan fingerprint density at radius 1 is 0.952 bits per heavy atom. The molecule has 2 nitrogen and oxygen atoms in total. The first-order chi connectivity index (χ1) is 10.2. The summed E-state index contributed by atoms with van der Waals surface area (Å²) in [5.74, 6) is 5.97. The summed E-state index contributed by atoms with van der Waals surface area (Å²) < 4.78 is 0. The number of benzene rings is 2. The van der Waals surface area contributed by atoms with Crippen molar-refractivity contribution in [1.29, 1.82) is 0 Å². The van der Waals surface area contributed by atoms with E-state index in [1.165, 1.54) is 16.7 Å². The molecule has 2 heteroatoms. The highest BCUT2D eigenvalue weighted by atomic mass is 15.2. The molecule has 0 aliphatic carbocycles. The van der Waals surface area contributed by atoms with Crippen LogP contribution in [0.5, 0.6) is 0 Å². The normalized spacial score (nSPS) is 13.1. The summed E-state index contributed by atoms with van der Waals surface area (Å²) in [5.41, 5.74) is 6.95. The second kappa shape index (κ2) is 6.88. The molecule has 0 saturated carbocycles. The van der Waals surface area contributed by atoms with Crippen molar-refractivity contribution in [2.24, 2.45) is 5.84 Å². The summed E-state index contributed by atoms with van der Waals surface area (Å²) in [6.45, 7) is 6.60. The van der Waals surface area contributed by atoms with Crippen molar-refractivity contribution < 1.29 is 0 Å². The molecule has 0 aliphatic rings. The van der Waals surface area contributed by atoms with E-state index >= 15 is 0 Å². The third-order valence-electron chi connectivity index (χ3n) is 4.74. The molecule has 0 heterocycles. The Hall–Kier alpha value is -1.64. The van der Waals surface area contributed by atoms with E-state index in [-0.39, 0.29) is 11.5 Å². The molecule has 112 valence electrons. The monoisotopic (exact) mass is 282 g/mol. The predicted molar refractivity (Wildman–Crippen MR) is 89.9 cm³/mol. The molecule has 1 unspecified atom stereocenters. The second-order valence-electron chi connectivity index (χ2n) is 5.74. The van der Waals surface area contributed by atoms with E-state index in [9.17, 15) is 0 Å². The molecule has 0 radical (unpaired) electrons. The van der Waals surface area contributed by atoms with Gasteiger partial charge in [0.05, 0.1) is 6.04 Å². The molecule has 1 atom stereocenters. The summed E-state index contributed by atoms with van der Waals surface area (Å²) in [7, 11) is 0. The van der Waals surface area contributed by atoms with Crippen molar-refractivity contribution in [2.45, 2.75) is 45.1 Å². The van der Waals surface area contributed by atoms with Gasteiger partial charge in [0.2, 0.25) is 0 Å². The van der Waals surface area contributed by atoms with Crippen molar-refractivity contribution in [2.75, 3.05) is 0 Å². The largest absolute Gasteiger partial charge is 0.271 e. The van der Waals surface area contributed by atoms with E-state index in [0.29, 0.717) is 0 Å². The lowest BCUT2D eigenvalue weighted by Crippen LogP contribution is -2.44. The average molecular weight is 282 g/mol. The minimum atomic E-state index is 0.00523. The first-order valence-corrected chi connectivity index (χ1v) is 7.76. The number of hydrazine groups is 1. The van der Waals surface area contributed by atoms with E-state index in [0.717, 1.165) is 12.8 Å². The Labute approximate surface area is 128 Å². The van der Waals surface area contributed by atoms with E-state index in [1.807, 2.05) is 0 Å². The van der Waals surface area contributed by atoms with Crippen LogP contribution in [-0.4, -0.2) is 0 Å². The van der Waals surface area contributed by atoms with E-state index in [1.54, 1.807) is 0 Å². The minimum absolute atomic E-state index is 0.00523. The zero-order valence-electron chi connectivity index (χ0n) is 13.3. The van der Waals surface area contributed by atoms with Gasteiger partial charge < -0.3 is 0 Å². The Balaban J connectivity index is 2.51. The lowest BCUT2D eigenvalue weighted by Gasteiger charge is -2.40. The quantitative estimate of drug-likeness (QED) is 0.614. The average Bonchev–Trinajstić information content (AvgIpc) is 2.55. The molecule has 0 bridgehead atoms. The van der Waals surface area contributed by atoms with Crippen LogP contribution in [0.25, 0.3) is 0 Å². The number of nitrogens with one attached hydrogen (secondary N) is 1. The number of aryl methyl sites for hydroxylation is 1. The van der Waals surface area contributed by atoms with Crippen LogP contribution < -0.4 is 11.3 Å². The van der Waals surface area contributed by atoms with Crippen molar-refractivity contribution in [3.05, 3.63) is 71.3 Å². The molecule has 0 aromatic heterocycles. The number of hydrogen-bond donors (Lipinski definition) is 2. The van der Waals surface area contributed by atoms with E-state index in [2.05, 4.69) is 80.8 Å². The van der Waals surface area contributed by atoms with Crippen LogP contribution in [0.15, 0.2) is 54.6 Å². The smallest absolute Gasteiger partial charge is 0.0556 e. The molecular formula is C19H26N2. The lowest BCUT2D eigenvalue weighted by atomic mass is 9.68. The minimum Gasteiger partial charge on any atom is -0.271 e. The Bertz CT molecular complexity index is 542. The van der Waals surface area contributed by atoms with Gasteiger partial charge in [0.15, 0.2) is 0 Å². The molecule has 0 fully saturated rings. The zero-order chi connectivity index (χ0) is 15.3. The summed E-state index contributed by atoms with van der Waals surface area (Å²) >= 11 is 0. The fraction of sp³-hybridized carbons (Fsp3) is 0.368. The Morgan fingerprint density at radius 2 is 1.52 bits per heavy atom. The van der Waals surface area contributed by atoms with Crippen LogP contribution in [0.1, 0.15) is 49.4 Å². The molecule has 0 saturated heterocycles. The highest BCUT2D eigenvalue weighted by molar-refractivity contribution is 5.34. The van der Waals surface area contributed by atoms with Gasteiger partial charge in [0, 0.05) is 5.41 Å². The lowest BCUT2D eigenvalue weighted by molar-refractivity contribution is 0.276. The molecule has 0 amide bonds. The van der Waals surface area contributed by atoms with Gasteiger partial charge in [0.25, 0.3) is 0 Å². The summed E-state index contributed by atoms with van der Waals surface area (Å²) in [6, 6.07) is 19.5. The maximum atomic E-state index is 5.97. The third kappa shape index (κ3) is 3.02. The fourth-order valence-electron chi connectivity index (χ4n) is 3.34. The van der Waals surface area contributed by atoms with Gasteiger partial charge in [-0.25, -0.2) is 0 Å². The van der Waals surface area contributed by atoms with Crippen molar-refractivity contribution in [3.63, 3.8) is 0 Å². The van der Waals surface area contributed by atoms with Gasteiger partial charge in [-0.3, -0.25) is 11.3 Å². The summed E-state index contributed by atoms with van der Waals surface area (Å²) in [4.78, 5) is 0. The fourth-order valence-corrected chi connectivity index (χ4v) is 3.34. The number of rotatable bonds is 6. The topological polar surface area (TPSA) is 38.0 Å². The van der Waals surface area contributed by atoms with Gasteiger partial charge in [-0.1, -0.05) is 74.0 Å². The standard InChI is InChI=1S/C19H26N2/c1-4-19(5-2,17-9-7-6-8-10-17)18(21-20)16-13-11-15(3)12-14-16/h6-14,18,21H,4-5,20H2,1-3H3. The highest BCUT2D eigenvalue weighted by Gasteiger charge is 2.37. The second-order valence-corrected chi connectivity index (χ2v) is 5.74. The number of nitrogens with two attached hydrogens (primary N) is 1. The maximum absolute atomic E-state index is 5.97. The first kappa shape index (κ1) is 15.7. The Morgan fingerprint density at radius 3 is 2.00 bits per heavy atom. The predicted octanol–water partition coefficient (Wildman–Crippen LogP) is 4.26. The van der Waals surface area contributed by atoms with E-state index < -0.39 is 0 Å². The van der Waals surface area contributed by atoms with Gasteiger partial charge >= 0.3 is 0 Å². The number of hydrogen-bond acceptors (Lipinski definition) is 2. The van der Waals surface area contributed by atoms with Gasteiger partial charge in [0.1, 0.15) is 0 Å². The molecule has 0 spiro atoms. The van der Waals surface area contributed by atoms with Crippen molar-refractivity contribution in [3.8, 4) is 0 Å². The van der Waals surface area contributed by atoms with Gasteiger partial charge in [-0.05, 0) is 30.9 Å². The molecule has 21 heavy (non-hydrogen) atoms. The van der Waals surface area contributed by atoms with Crippen LogP contribution in [0.2, 0.25) is 0 Å². The molecule has 2 aromatic rings. The van der Waals surface area contributed by atoms with Crippen LogP contribution in [0.4, 0.5) is 0 Å². The highest BCUT2D eigenvalue weighted by Crippen LogP contribution is 2.42. The van der Waals surface area contributed by atoms with Crippen LogP contribution in [0, 0.1) is 6.92 Å². The van der Waals surface area contributed by atoms with Crippen LogP contribution in [-0.2, 0) is 5.41 Å². The molecule has 0 aliphatic heterocycles. The zero-order valence-corrected chi connectivity index (χ0v) is 13.3. The molecule has 2 aromatic carbocycles. The Kier molecular flexibility index (Phi) is 5.16.